The normalized spacial score (nSPS) is 21.3. The van der Waals surface area contributed by atoms with Crippen molar-refractivity contribution in [2.24, 2.45) is 5.92 Å². The number of fused-ring (bicyclic) bond motifs is 2. The van der Waals surface area contributed by atoms with Crippen LogP contribution in [0.15, 0.2) is 109 Å². The highest BCUT2D eigenvalue weighted by atomic mass is 35.5. The lowest BCUT2D eigenvalue weighted by Gasteiger charge is -2.37. The van der Waals surface area contributed by atoms with Gasteiger partial charge in [-0.25, -0.2) is 0 Å². The number of rotatable bonds is 11. The molecule has 1 fully saturated rings. The van der Waals surface area contributed by atoms with Crippen LogP contribution in [0.4, 0.5) is 17.1 Å². The fourth-order valence-corrected chi connectivity index (χ4v) is 14.0. The van der Waals surface area contributed by atoms with Crippen molar-refractivity contribution in [2.75, 3.05) is 23.5 Å². The van der Waals surface area contributed by atoms with Gasteiger partial charge >= 0.3 is 0 Å². The lowest BCUT2D eigenvalue weighted by Crippen LogP contribution is -2.51. The van der Waals surface area contributed by atoms with Gasteiger partial charge in [-0.2, -0.15) is 0 Å². The zero-order chi connectivity index (χ0) is 39.6. The van der Waals surface area contributed by atoms with Crippen LogP contribution in [0.3, 0.4) is 0 Å². The first-order chi connectivity index (χ1) is 27.5. The number of halogens is 1. The zero-order valence-corrected chi connectivity index (χ0v) is 34.1. The quantitative estimate of drug-likeness (QED) is 0.134. The topological polar surface area (TPSA) is 110 Å². The largest absolute Gasteiger partial charge is 0.497 e. The van der Waals surface area contributed by atoms with Gasteiger partial charge in [-0.1, -0.05) is 90.5 Å². The Hall–Kier alpha value is -5.33. The Bertz CT molecular complexity index is 2520. The number of amides is 2. The van der Waals surface area contributed by atoms with Crippen molar-refractivity contribution >= 4 is 64.5 Å². The lowest BCUT2D eigenvalue weighted by atomic mass is 9.82. The second-order valence-electron chi connectivity index (χ2n) is 15.9. The molecule has 1 N–H and O–H groups in total. The first-order valence-electron chi connectivity index (χ1n) is 19.4. The van der Waals surface area contributed by atoms with Crippen molar-refractivity contribution in [1.29, 1.82) is 0 Å². The number of benzene rings is 5. The zero-order valence-electron chi connectivity index (χ0n) is 32.4. The second kappa shape index (κ2) is 14.2. The van der Waals surface area contributed by atoms with Crippen LogP contribution in [0.2, 0.25) is 23.7 Å². The summed E-state index contributed by atoms with van der Waals surface area (Å²) >= 11 is 6.74. The third-order valence-electron chi connectivity index (χ3n) is 12.5. The first-order valence-corrected chi connectivity index (χ1v) is 22.9. The van der Waals surface area contributed by atoms with Crippen molar-refractivity contribution in [3.05, 3.63) is 137 Å². The maximum absolute atomic E-state index is 15.3. The van der Waals surface area contributed by atoms with Gasteiger partial charge in [-0.15, -0.1) is 5.10 Å². The molecule has 6 aromatic rings. The van der Waals surface area contributed by atoms with Gasteiger partial charge in [0.25, 0.3) is 11.8 Å². The molecule has 57 heavy (non-hydrogen) atoms. The molecule has 5 aromatic carbocycles. The predicted octanol–water partition coefficient (Wildman–Crippen LogP) is 7.77. The fraction of sp³-hybridized carbons (Fsp3) is 0.289. The third-order valence-corrected chi connectivity index (χ3v) is 17.1. The number of aliphatic hydroxyl groups is 1. The summed E-state index contributed by atoms with van der Waals surface area (Å²) in [5.74, 6) is 0.440. The lowest BCUT2D eigenvalue weighted by molar-refractivity contribution is -0.146. The molecule has 290 valence electrons. The van der Waals surface area contributed by atoms with E-state index in [0.29, 0.717) is 36.5 Å². The summed E-state index contributed by atoms with van der Waals surface area (Å²) in [4.78, 5) is 32.6. The predicted molar refractivity (Wildman–Crippen MR) is 225 cm³/mol. The van der Waals surface area contributed by atoms with E-state index in [-0.39, 0.29) is 36.0 Å². The maximum Gasteiger partial charge on any atom is 0.264 e. The Morgan fingerprint density at radius 1 is 0.947 bits per heavy atom. The summed E-state index contributed by atoms with van der Waals surface area (Å²) in [5.41, 5.74) is 4.33. The standard InChI is InChI=1S/C45H44ClN5O5Si/c1-28-42(57(3,4)35-18-16-34(55-2)17-19-35)40(21-23-49-27-32(22-24-52)47-48-49)56-45(28)37-25-31(46)13-20-38(37)50(44(45)54)26-29-11-14-33(15-12-29)51-39-10-6-8-30-7-5-9-36(41(30)39)43(51)53/h5-20,25,27-28,40,42,52H,21-24,26H2,1-4H3/t28-,40+,42-,45+/m1/s1. The Balaban J connectivity index is 1.05. The number of ether oxygens (including phenoxy) is 2. The highest BCUT2D eigenvalue weighted by Gasteiger charge is 2.66. The van der Waals surface area contributed by atoms with Crippen LogP contribution >= 0.6 is 11.6 Å². The fourth-order valence-electron chi connectivity index (χ4n) is 9.75. The maximum atomic E-state index is 15.3. The summed E-state index contributed by atoms with van der Waals surface area (Å²) in [5, 5.41) is 21.8. The molecule has 3 aliphatic rings. The van der Waals surface area contributed by atoms with Crippen molar-refractivity contribution in [3.63, 3.8) is 0 Å². The average molecular weight is 798 g/mol. The molecular weight excluding hydrogens is 754 g/mol. The second-order valence-corrected chi connectivity index (χ2v) is 21.1. The van der Waals surface area contributed by atoms with Crippen LogP contribution in [0.5, 0.6) is 5.75 Å². The summed E-state index contributed by atoms with van der Waals surface area (Å²) in [7, 11) is -0.699. The van der Waals surface area contributed by atoms with E-state index >= 15 is 4.79 Å². The smallest absolute Gasteiger partial charge is 0.264 e. The van der Waals surface area contributed by atoms with Gasteiger partial charge in [0.15, 0.2) is 5.60 Å². The van der Waals surface area contributed by atoms with Crippen molar-refractivity contribution < 1.29 is 24.2 Å². The number of carbonyl (C=O) groups is 2. The highest BCUT2D eigenvalue weighted by Crippen LogP contribution is 2.60. The Morgan fingerprint density at radius 3 is 2.44 bits per heavy atom. The minimum atomic E-state index is -2.37. The monoisotopic (exact) mass is 797 g/mol. The Morgan fingerprint density at radius 2 is 1.70 bits per heavy atom. The van der Waals surface area contributed by atoms with Crippen LogP contribution in [-0.2, 0) is 34.6 Å². The molecule has 0 radical (unpaired) electrons. The number of aromatic nitrogens is 3. The van der Waals surface area contributed by atoms with E-state index in [2.05, 4.69) is 42.5 Å². The summed E-state index contributed by atoms with van der Waals surface area (Å²) < 4.78 is 14.6. The van der Waals surface area contributed by atoms with Gasteiger partial charge < -0.3 is 19.5 Å². The van der Waals surface area contributed by atoms with E-state index in [1.807, 2.05) is 102 Å². The minimum absolute atomic E-state index is 0.00265. The van der Waals surface area contributed by atoms with Gasteiger partial charge in [0.05, 0.1) is 50.5 Å². The molecule has 0 bridgehead atoms. The van der Waals surface area contributed by atoms with E-state index in [0.717, 1.165) is 50.4 Å². The third kappa shape index (κ3) is 5.98. The number of aryl methyl sites for hydroxylation is 1. The molecule has 9 rings (SSSR count). The number of nitrogens with zero attached hydrogens (tertiary/aromatic N) is 5. The van der Waals surface area contributed by atoms with Crippen molar-refractivity contribution in [3.8, 4) is 5.75 Å². The summed E-state index contributed by atoms with van der Waals surface area (Å²) in [6.07, 6.45) is 2.64. The average Bonchev–Trinajstić information content (AvgIpc) is 3.94. The van der Waals surface area contributed by atoms with Crippen LogP contribution in [0.1, 0.15) is 40.5 Å². The molecule has 1 aromatic heterocycles. The van der Waals surface area contributed by atoms with E-state index in [9.17, 15) is 9.90 Å². The van der Waals surface area contributed by atoms with Crippen molar-refractivity contribution in [1.82, 2.24) is 15.0 Å². The number of hydrogen-bond acceptors (Lipinski definition) is 7. The Labute approximate surface area is 337 Å². The van der Waals surface area contributed by atoms with Crippen molar-refractivity contribution in [2.45, 2.75) is 63.2 Å². The molecule has 1 saturated heterocycles. The SMILES string of the molecule is COc1ccc([Si](C)(C)[C@H]2[C@H](CCn3cc(CCO)nn3)O[C@@]3(C(=O)N(Cc4ccc(N5C(=O)c6cccc7cccc5c67)cc4)c4ccc(Cl)cc43)[C@@H]2C)cc1. The number of anilines is 3. The van der Waals surface area contributed by atoms with Gasteiger partial charge in [0, 0.05) is 53.3 Å². The van der Waals surface area contributed by atoms with E-state index < -0.39 is 13.7 Å². The van der Waals surface area contributed by atoms with Crippen LogP contribution in [-0.4, -0.2) is 59.8 Å². The molecule has 0 saturated carbocycles. The molecule has 2 amide bonds. The number of carbonyl (C=O) groups excluding carboxylic acids is 2. The van der Waals surface area contributed by atoms with Crippen LogP contribution < -0.4 is 19.7 Å². The summed E-state index contributed by atoms with van der Waals surface area (Å²) in [6, 6.07) is 33.7. The first kappa shape index (κ1) is 37.3. The van der Waals surface area contributed by atoms with E-state index in [1.54, 1.807) is 16.7 Å². The van der Waals surface area contributed by atoms with Gasteiger partial charge in [0.1, 0.15) is 5.75 Å². The van der Waals surface area contributed by atoms with Crippen LogP contribution in [0.25, 0.3) is 10.8 Å². The minimum Gasteiger partial charge on any atom is -0.497 e. The molecular formula is C45H44ClN5O5Si. The van der Waals surface area contributed by atoms with E-state index in [4.69, 9.17) is 21.1 Å². The molecule has 1 spiro atoms. The highest BCUT2D eigenvalue weighted by molar-refractivity contribution is 6.91. The molecule has 0 aliphatic carbocycles. The van der Waals surface area contributed by atoms with Gasteiger partial charge in [0.2, 0.25) is 0 Å². The number of hydrogen-bond donors (Lipinski definition) is 1. The molecule has 3 aliphatic heterocycles. The molecule has 10 nitrogen and oxygen atoms in total. The summed E-state index contributed by atoms with van der Waals surface area (Å²) in [6.45, 7) is 7.76. The number of aliphatic hydroxyl groups excluding tert-OH is 1. The molecule has 12 heteroatoms. The molecule has 4 heterocycles. The van der Waals surface area contributed by atoms with Crippen LogP contribution in [0, 0.1) is 5.92 Å². The van der Waals surface area contributed by atoms with Gasteiger partial charge in [-0.05, 0) is 77.5 Å². The molecule has 0 unspecified atom stereocenters. The van der Waals surface area contributed by atoms with Gasteiger partial charge in [-0.3, -0.25) is 19.2 Å². The Kier molecular flexibility index (Phi) is 9.31. The molecule has 4 atom stereocenters. The number of methoxy groups -OCH3 is 1. The van der Waals surface area contributed by atoms with E-state index in [1.165, 1.54) is 5.19 Å².